The van der Waals surface area contributed by atoms with Crippen LogP contribution < -0.4 is 4.74 Å². The molecule has 0 saturated carbocycles. The Hall–Kier alpha value is -2.89. The van der Waals surface area contributed by atoms with E-state index < -0.39 is 16.0 Å². The Morgan fingerprint density at radius 3 is 2.48 bits per heavy atom. The van der Waals surface area contributed by atoms with Crippen molar-refractivity contribution in [3.8, 4) is 11.8 Å². The molecule has 7 nitrogen and oxygen atoms in total. The van der Waals surface area contributed by atoms with Crippen LogP contribution in [0.5, 0.6) is 5.75 Å². The van der Waals surface area contributed by atoms with Gasteiger partial charge in [0.2, 0.25) is 10.0 Å². The molecule has 0 fully saturated rings. The molecule has 0 radical (unpaired) electrons. The van der Waals surface area contributed by atoms with Crippen LogP contribution in [0.25, 0.3) is 0 Å². The van der Waals surface area contributed by atoms with Crippen LogP contribution in [0, 0.1) is 11.3 Å². The lowest BCUT2D eigenvalue weighted by Gasteiger charge is -2.21. The van der Waals surface area contributed by atoms with E-state index in [1.54, 1.807) is 30.3 Å². The molecule has 0 bridgehead atoms. The van der Waals surface area contributed by atoms with Crippen molar-refractivity contribution in [2.45, 2.75) is 11.4 Å². The topological polar surface area (TPSA) is 108 Å². The van der Waals surface area contributed by atoms with E-state index in [0.29, 0.717) is 0 Å². The first-order valence-electron chi connectivity index (χ1n) is 7.22. The summed E-state index contributed by atoms with van der Waals surface area (Å²) in [6.45, 7) is -0.332. The van der Waals surface area contributed by atoms with E-state index in [2.05, 4.69) is 0 Å². The van der Waals surface area contributed by atoms with Crippen molar-refractivity contribution < 1.29 is 23.1 Å². The number of hydrogen-bond acceptors (Lipinski definition) is 5. The van der Waals surface area contributed by atoms with Gasteiger partial charge in [0.15, 0.2) is 0 Å². The zero-order valence-corrected chi connectivity index (χ0v) is 14.2. The fraction of sp³-hybridized carbons (Fsp3) is 0.176. The van der Waals surface area contributed by atoms with Gasteiger partial charge in [-0.1, -0.05) is 30.3 Å². The van der Waals surface area contributed by atoms with Crippen LogP contribution in [0.15, 0.2) is 53.4 Å². The summed E-state index contributed by atoms with van der Waals surface area (Å²) in [5.41, 5.74) is 0.633. The highest BCUT2D eigenvalue weighted by Gasteiger charge is 2.28. The molecule has 0 aliphatic carbocycles. The molecule has 0 aliphatic rings. The minimum atomic E-state index is -4.05. The smallest absolute Gasteiger partial charge is 0.335 e. The first-order chi connectivity index (χ1) is 11.9. The van der Waals surface area contributed by atoms with Gasteiger partial charge in [0.25, 0.3) is 0 Å². The third-order valence-corrected chi connectivity index (χ3v) is 5.31. The van der Waals surface area contributed by atoms with Crippen molar-refractivity contribution in [1.82, 2.24) is 4.31 Å². The number of nitrogens with zero attached hydrogens (tertiary/aromatic N) is 2. The molecule has 2 rings (SSSR count). The number of benzene rings is 2. The number of methoxy groups -OCH3 is 1. The number of aromatic carboxylic acids is 1. The van der Waals surface area contributed by atoms with E-state index in [-0.39, 0.29) is 29.3 Å². The number of rotatable bonds is 7. The second-order valence-corrected chi connectivity index (χ2v) is 6.99. The average Bonchev–Trinajstić information content (AvgIpc) is 2.61. The number of carbonyl (C=O) groups is 1. The SMILES string of the molecule is COc1cc(C(=O)O)ccc1S(=O)(=O)N(CC#N)Cc1ccccc1. The van der Waals surface area contributed by atoms with Gasteiger partial charge in [-0.2, -0.15) is 9.57 Å². The summed E-state index contributed by atoms with van der Waals surface area (Å²) in [4.78, 5) is 10.9. The van der Waals surface area contributed by atoms with Crippen LogP contribution in [0.3, 0.4) is 0 Å². The number of carboxylic acids is 1. The van der Waals surface area contributed by atoms with Crippen molar-refractivity contribution in [1.29, 1.82) is 5.26 Å². The van der Waals surface area contributed by atoms with Crippen molar-refractivity contribution in [2.24, 2.45) is 0 Å². The molecule has 0 heterocycles. The Morgan fingerprint density at radius 1 is 1.24 bits per heavy atom. The van der Waals surface area contributed by atoms with Crippen LogP contribution in [0.2, 0.25) is 0 Å². The molecule has 8 heteroatoms. The van der Waals surface area contributed by atoms with Gasteiger partial charge in [0.1, 0.15) is 17.2 Å². The number of sulfonamides is 1. The van der Waals surface area contributed by atoms with Gasteiger partial charge in [-0.15, -0.1) is 0 Å². The predicted molar refractivity (Wildman–Crippen MR) is 89.6 cm³/mol. The largest absolute Gasteiger partial charge is 0.495 e. The Labute approximate surface area is 145 Å². The van der Waals surface area contributed by atoms with Gasteiger partial charge in [0, 0.05) is 6.54 Å². The Bertz CT molecular complexity index is 904. The van der Waals surface area contributed by atoms with Crippen LogP contribution >= 0.6 is 0 Å². The zero-order valence-electron chi connectivity index (χ0n) is 13.4. The molecule has 25 heavy (non-hydrogen) atoms. The molecular weight excluding hydrogens is 344 g/mol. The summed E-state index contributed by atoms with van der Waals surface area (Å²) >= 11 is 0. The quantitative estimate of drug-likeness (QED) is 0.758. The summed E-state index contributed by atoms with van der Waals surface area (Å²) < 4.78 is 31.9. The van der Waals surface area contributed by atoms with Gasteiger partial charge in [-0.05, 0) is 23.8 Å². The van der Waals surface area contributed by atoms with Gasteiger partial charge in [-0.25, -0.2) is 13.2 Å². The van der Waals surface area contributed by atoms with Crippen LogP contribution in [-0.4, -0.2) is 37.5 Å². The maximum atomic E-state index is 12.9. The molecule has 0 unspecified atom stereocenters. The first kappa shape index (κ1) is 18.4. The molecule has 0 amide bonds. The average molecular weight is 360 g/mol. The second-order valence-electron chi connectivity index (χ2n) is 5.09. The van der Waals surface area contributed by atoms with Gasteiger partial charge >= 0.3 is 5.97 Å². The van der Waals surface area contributed by atoms with E-state index in [1.807, 2.05) is 6.07 Å². The summed E-state index contributed by atoms with van der Waals surface area (Å²) in [5.74, 6) is -1.28. The number of hydrogen-bond donors (Lipinski definition) is 1. The number of carboxylic acid groups (broad SMARTS) is 1. The molecule has 0 aliphatic heterocycles. The van der Waals surface area contributed by atoms with Gasteiger partial charge < -0.3 is 9.84 Å². The van der Waals surface area contributed by atoms with E-state index in [9.17, 15) is 13.2 Å². The van der Waals surface area contributed by atoms with Crippen molar-refractivity contribution in [3.05, 3.63) is 59.7 Å². The summed E-state index contributed by atoms with van der Waals surface area (Å²) in [7, 11) is -2.80. The maximum Gasteiger partial charge on any atom is 0.335 e. The van der Waals surface area contributed by atoms with Gasteiger partial charge in [0.05, 0.1) is 18.7 Å². The lowest BCUT2D eigenvalue weighted by atomic mass is 10.2. The van der Waals surface area contributed by atoms with E-state index in [0.717, 1.165) is 15.9 Å². The van der Waals surface area contributed by atoms with E-state index >= 15 is 0 Å². The highest BCUT2D eigenvalue weighted by atomic mass is 32.2. The summed E-state index contributed by atoms with van der Waals surface area (Å²) in [5, 5.41) is 18.0. The van der Waals surface area contributed by atoms with E-state index in [1.165, 1.54) is 19.2 Å². The fourth-order valence-corrected chi connectivity index (χ4v) is 3.71. The molecule has 0 aromatic heterocycles. The Balaban J connectivity index is 2.46. The van der Waals surface area contributed by atoms with Crippen molar-refractivity contribution in [3.63, 3.8) is 0 Å². The lowest BCUT2D eigenvalue weighted by Crippen LogP contribution is -2.31. The lowest BCUT2D eigenvalue weighted by molar-refractivity contribution is 0.0696. The first-order valence-corrected chi connectivity index (χ1v) is 8.66. The second kappa shape index (κ2) is 7.79. The third-order valence-electron chi connectivity index (χ3n) is 3.48. The molecule has 0 atom stereocenters. The highest BCUT2D eigenvalue weighted by Crippen LogP contribution is 2.28. The normalized spacial score (nSPS) is 11.1. The molecule has 1 N–H and O–H groups in total. The summed E-state index contributed by atoms with van der Waals surface area (Å²) in [6.07, 6.45) is 0. The van der Waals surface area contributed by atoms with Gasteiger partial charge in [-0.3, -0.25) is 0 Å². The monoisotopic (exact) mass is 360 g/mol. The maximum absolute atomic E-state index is 12.9. The molecule has 0 spiro atoms. The fourth-order valence-electron chi connectivity index (χ4n) is 2.24. The molecule has 130 valence electrons. The number of nitriles is 1. The molecule has 2 aromatic rings. The molecule has 0 saturated heterocycles. The van der Waals surface area contributed by atoms with Crippen LogP contribution in [0.4, 0.5) is 0 Å². The molecule has 2 aromatic carbocycles. The van der Waals surface area contributed by atoms with Crippen LogP contribution in [0.1, 0.15) is 15.9 Å². The van der Waals surface area contributed by atoms with Crippen molar-refractivity contribution >= 4 is 16.0 Å². The highest BCUT2D eigenvalue weighted by molar-refractivity contribution is 7.89. The Kier molecular flexibility index (Phi) is 5.75. The van der Waals surface area contributed by atoms with Crippen LogP contribution in [-0.2, 0) is 16.6 Å². The minimum Gasteiger partial charge on any atom is -0.495 e. The molecular formula is C17H16N2O5S. The Morgan fingerprint density at radius 2 is 1.92 bits per heavy atom. The minimum absolute atomic E-state index is 0.0145. The zero-order chi connectivity index (χ0) is 18.4. The third kappa shape index (κ3) is 4.15. The standard InChI is InChI=1S/C17H16N2O5S/c1-24-15-11-14(17(20)21)7-8-16(15)25(22,23)19(10-9-18)12-13-5-3-2-4-6-13/h2-8,11H,10,12H2,1H3,(H,20,21). The summed E-state index contributed by atoms with van der Waals surface area (Å²) in [6, 6.07) is 14.2. The van der Waals surface area contributed by atoms with E-state index in [4.69, 9.17) is 15.1 Å². The number of ether oxygens (including phenoxy) is 1. The van der Waals surface area contributed by atoms with Crippen molar-refractivity contribution in [2.75, 3.05) is 13.7 Å². The predicted octanol–water partition coefficient (Wildman–Crippen LogP) is 2.11.